The molecule has 0 aliphatic carbocycles. The van der Waals surface area contributed by atoms with Crippen molar-refractivity contribution in [2.75, 3.05) is 37.4 Å². The Morgan fingerprint density at radius 3 is 2.40 bits per heavy atom. The highest BCUT2D eigenvalue weighted by Gasteiger charge is 2.30. The Hall–Kier alpha value is -3.19. The molecule has 30 heavy (non-hydrogen) atoms. The summed E-state index contributed by atoms with van der Waals surface area (Å²) >= 11 is 0. The van der Waals surface area contributed by atoms with Gasteiger partial charge in [0.2, 0.25) is 11.8 Å². The first kappa shape index (κ1) is 21.5. The van der Waals surface area contributed by atoms with Crippen LogP contribution >= 0.6 is 0 Å². The second kappa shape index (κ2) is 9.54. The molecular weight excluding hydrogens is 380 g/mol. The van der Waals surface area contributed by atoms with Gasteiger partial charge in [-0.25, -0.2) is 0 Å². The molecule has 0 bridgehead atoms. The molecule has 0 spiro atoms. The van der Waals surface area contributed by atoms with Crippen LogP contribution in [0, 0.1) is 5.92 Å². The number of carbonyl (C=O) groups excluding carboxylic acids is 3. The van der Waals surface area contributed by atoms with Crippen molar-refractivity contribution in [1.29, 1.82) is 0 Å². The molecule has 0 aromatic heterocycles. The number of nitrogens with zero attached hydrogens (tertiary/aromatic N) is 2. The molecule has 1 aliphatic heterocycles. The maximum Gasteiger partial charge on any atom is 0.251 e. The number of nitrogens with one attached hydrogen (secondary N) is 2. The van der Waals surface area contributed by atoms with Crippen LogP contribution < -0.4 is 15.5 Å². The minimum Gasteiger partial charge on any atom is -0.352 e. The molecule has 1 fully saturated rings. The molecule has 0 saturated carbocycles. The van der Waals surface area contributed by atoms with Gasteiger partial charge in [0.05, 0.1) is 6.04 Å². The summed E-state index contributed by atoms with van der Waals surface area (Å²) in [6, 6.07) is 16.1. The molecule has 158 valence electrons. The highest BCUT2D eigenvalue weighted by Crippen LogP contribution is 2.26. The highest BCUT2D eigenvalue weighted by molar-refractivity contribution is 5.97. The minimum absolute atomic E-state index is 0.0342. The van der Waals surface area contributed by atoms with Crippen LogP contribution in [-0.2, 0) is 9.59 Å². The average molecular weight is 409 g/mol. The van der Waals surface area contributed by atoms with Crippen molar-refractivity contribution >= 4 is 29.1 Å². The SMILES string of the molecule is CC(C(=O)Nc1ccc(N2CC(CNC(=O)c3ccccc3)CC2=O)cc1)N(C)C. The fourth-order valence-electron chi connectivity index (χ4n) is 3.30. The first-order valence-corrected chi connectivity index (χ1v) is 10.1. The number of hydrogen-bond donors (Lipinski definition) is 2. The monoisotopic (exact) mass is 408 g/mol. The van der Waals surface area contributed by atoms with Gasteiger partial charge in [0.15, 0.2) is 0 Å². The van der Waals surface area contributed by atoms with E-state index in [0.717, 1.165) is 5.69 Å². The van der Waals surface area contributed by atoms with Gasteiger partial charge in [-0.05, 0) is 57.4 Å². The first-order valence-electron chi connectivity index (χ1n) is 10.1. The lowest BCUT2D eigenvalue weighted by atomic mass is 10.1. The maximum absolute atomic E-state index is 12.5. The second-order valence-corrected chi connectivity index (χ2v) is 7.83. The van der Waals surface area contributed by atoms with Gasteiger partial charge in [0.25, 0.3) is 5.91 Å². The van der Waals surface area contributed by atoms with E-state index >= 15 is 0 Å². The topological polar surface area (TPSA) is 81.8 Å². The van der Waals surface area contributed by atoms with Crippen molar-refractivity contribution in [2.45, 2.75) is 19.4 Å². The largest absolute Gasteiger partial charge is 0.352 e. The standard InChI is InChI=1S/C23H28N4O3/c1-16(26(2)3)22(29)25-19-9-11-20(12-10-19)27-15-17(13-21(27)28)14-24-23(30)18-7-5-4-6-8-18/h4-12,16-17H,13-15H2,1-3H3,(H,24,30)(H,25,29). The summed E-state index contributed by atoms with van der Waals surface area (Å²) in [4.78, 5) is 40.4. The summed E-state index contributed by atoms with van der Waals surface area (Å²) in [5.41, 5.74) is 2.09. The second-order valence-electron chi connectivity index (χ2n) is 7.83. The van der Waals surface area contributed by atoms with Crippen LogP contribution in [0.5, 0.6) is 0 Å². The molecule has 1 aliphatic rings. The Morgan fingerprint density at radius 2 is 1.77 bits per heavy atom. The zero-order valence-corrected chi connectivity index (χ0v) is 17.6. The number of hydrogen-bond acceptors (Lipinski definition) is 4. The fourth-order valence-corrected chi connectivity index (χ4v) is 3.30. The summed E-state index contributed by atoms with van der Waals surface area (Å²) in [6.45, 7) is 2.84. The molecule has 7 nitrogen and oxygen atoms in total. The smallest absolute Gasteiger partial charge is 0.251 e. The van der Waals surface area contributed by atoms with E-state index in [-0.39, 0.29) is 29.7 Å². The van der Waals surface area contributed by atoms with Crippen molar-refractivity contribution < 1.29 is 14.4 Å². The third-order valence-corrected chi connectivity index (χ3v) is 5.39. The number of amides is 3. The number of carbonyl (C=O) groups is 3. The van der Waals surface area contributed by atoms with E-state index in [4.69, 9.17) is 0 Å². The van der Waals surface area contributed by atoms with Gasteiger partial charge in [0.1, 0.15) is 0 Å². The Morgan fingerprint density at radius 1 is 1.10 bits per heavy atom. The van der Waals surface area contributed by atoms with Gasteiger partial charge in [-0.3, -0.25) is 19.3 Å². The van der Waals surface area contributed by atoms with Crippen molar-refractivity contribution in [3.05, 3.63) is 60.2 Å². The van der Waals surface area contributed by atoms with Crippen LogP contribution in [0.25, 0.3) is 0 Å². The van der Waals surface area contributed by atoms with Crippen molar-refractivity contribution in [2.24, 2.45) is 5.92 Å². The Balaban J connectivity index is 1.54. The molecule has 7 heteroatoms. The predicted octanol–water partition coefficient (Wildman–Crippen LogP) is 2.36. The van der Waals surface area contributed by atoms with E-state index in [2.05, 4.69) is 10.6 Å². The normalized spacial score (nSPS) is 17.1. The van der Waals surface area contributed by atoms with Crippen LogP contribution in [0.15, 0.2) is 54.6 Å². The van der Waals surface area contributed by atoms with Crippen LogP contribution in [-0.4, -0.2) is 55.8 Å². The van der Waals surface area contributed by atoms with E-state index in [1.54, 1.807) is 29.2 Å². The van der Waals surface area contributed by atoms with Gasteiger partial charge < -0.3 is 15.5 Å². The Labute approximate surface area is 177 Å². The van der Waals surface area contributed by atoms with E-state index in [1.165, 1.54) is 0 Å². The van der Waals surface area contributed by atoms with Gasteiger partial charge >= 0.3 is 0 Å². The van der Waals surface area contributed by atoms with Gasteiger partial charge in [-0.1, -0.05) is 18.2 Å². The zero-order valence-electron chi connectivity index (χ0n) is 17.6. The lowest BCUT2D eigenvalue weighted by Crippen LogP contribution is -2.37. The van der Waals surface area contributed by atoms with E-state index in [9.17, 15) is 14.4 Å². The van der Waals surface area contributed by atoms with Crippen molar-refractivity contribution in [1.82, 2.24) is 10.2 Å². The van der Waals surface area contributed by atoms with Gasteiger partial charge in [-0.15, -0.1) is 0 Å². The van der Waals surface area contributed by atoms with E-state index in [0.29, 0.717) is 30.8 Å². The Bertz CT molecular complexity index is 896. The zero-order chi connectivity index (χ0) is 21.7. The molecular formula is C23H28N4O3. The highest BCUT2D eigenvalue weighted by atomic mass is 16.2. The maximum atomic E-state index is 12.5. The molecule has 2 aromatic carbocycles. The van der Waals surface area contributed by atoms with Crippen molar-refractivity contribution in [3.8, 4) is 0 Å². The minimum atomic E-state index is -0.239. The number of likely N-dealkylation sites (N-methyl/N-ethyl adjacent to an activating group) is 1. The number of rotatable bonds is 7. The van der Waals surface area contributed by atoms with Crippen LogP contribution in [0.3, 0.4) is 0 Å². The third-order valence-electron chi connectivity index (χ3n) is 5.39. The van der Waals surface area contributed by atoms with Crippen molar-refractivity contribution in [3.63, 3.8) is 0 Å². The molecule has 3 amide bonds. The van der Waals surface area contributed by atoms with E-state index < -0.39 is 0 Å². The molecule has 2 N–H and O–H groups in total. The molecule has 1 saturated heterocycles. The molecule has 3 rings (SSSR count). The lowest BCUT2D eigenvalue weighted by Gasteiger charge is -2.20. The first-order chi connectivity index (χ1) is 14.3. The molecule has 0 radical (unpaired) electrons. The van der Waals surface area contributed by atoms with Crippen LogP contribution in [0.2, 0.25) is 0 Å². The molecule has 2 unspecified atom stereocenters. The summed E-state index contributed by atoms with van der Waals surface area (Å²) < 4.78 is 0. The lowest BCUT2D eigenvalue weighted by molar-refractivity contribution is -0.120. The molecule has 1 heterocycles. The van der Waals surface area contributed by atoms with E-state index in [1.807, 2.05) is 56.3 Å². The van der Waals surface area contributed by atoms with Crippen LogP contribution in [0.4, 0.5) is 11.4 Å². The predicted molar refractivity (Wildman–Crippen MR) is 117 cm³/mol. The Kier molecular flexibility index (Phi) is 6.84. The molecule has 2 aromatic rings. The van der Waals surface area contributed by atoms with Gasteiger partial charge in [0, 0.05) is 42.4 Å². The van der Waals surface area contributed by atoms with Crippen LogP contribution in [0.1, 0.15) is 23.7 Å². The summed E-state index contributed by atoms with van der Waals surface area (Å²) in [7, 11) is 3.70. The number of anilines is 2. The summed E-state index contributed by atoms with van der Waals surface area (Å²) in [5.74, 6) is -0.120. The summed E-state index contributed by atoms with van der Waals surface area (Å²) in [5, 5.41) is 5.79. The third kappa shape index (κ3) is 5.24. The average Bonchev–Trinajstić information content (AvgIpc) is 3.13. The molecule has 2 atom stereocenters. The quantitative estimate of drug-likeness (QED) is 0.737. The van der Waals surface area contributed by atoms with Gasteiger partial charge in [-0.2, -0.15) is 0 Å². The number of benzene rings is 2. The fraction of sp³-hybridized carbons (Fsp3) is 0.348. The summed E-state index contributed by atoms with van der Waals surface area (Å²) in [6.07, 6.45) is 0.397.